The first-order valence-corrected chi connectivity index (χ1v) is 8.76. The van der Waals surface area contributed by atoms with Crippen LogP contribution in [0.2, 0.25) is 0 Å². The van der Waals surface area contributed by atoms with Gasteiger partial charge in [-0.25, -0.2) is 0 Å². The maximum atomic E-state index is 5.45. The number of nitrogens with one attached hydrogen (secondary N) is 2. The SMILES string of the molecule is CN=C(NCCCOCCOC)NCC1(CCOC)CCCC1. The normalized spacial score (nSPS) is 17.4. The van der Waals surface area contributed by atoms with E-state index in [0.717, 1.165) is 45.1 Å². The molecule has 1 aliphatic rings. The Morgan fingerprint density at radius 2 is 1.74 bits per heavy atom. The Morgan fingerprint density at radius 3 is 2.39 bits per heavy atom. The molecule has 0 saturated heterocycles. The number of hydrogen-bond acceptors (Lipinski definition) is 4. The lowest BCUT2D eigenvalue weighted by Gasteiger charge is -2.30. The highest BCUT2D eigenvalue weighted by Gasteiger charge is 2.33. The predicted molar refractivity (Wildman–Crippen MR) is 94.1 cm³/mol. The van der Waals surface area contributed by atoms with Crippen molar-refractivity contribution in [1.82, 2.24) is 10.6 Å². The van der Waals surface area contributed by atoms with Crippen LogP contribution in [0.3, 0.4) is 0 Å². The molecule has 136 valence electrons. The lowest BCUT2D eigenvalue weighted by molar-refractivity contribution is 0.0698. The van der Waals surface area contributed by atoms with Gasteiger partial charge in [0.2, 0.25) is 0 Å². The Balaban J connectivity index is 2.19. The molecule has 0 aromatic carbocycles. The summed E-state index contributed by atoms with van der Waals surface area (Å²) in [4.78, 5) is 4.31. The average molecular weight is 329 g/mol. The van der Waals surface area contributed by atoms with E-state index in [2.05, 4.69) is 15.6 Å². The van der Waals surface area contributed by atoms with Crippen molar-refractivity contribution in [2.45, 2.75) is 38.5 Å². The first-order valence-electron chi connectivity index (χ1n) is 8.76. The van der Waals surface area contributed by atoms with Crippen molar-refractivity contribution in [3.05, 3.63) is 0 Å². The summed E-state index contributed by atoms with van der Waals surface area (Å²) in [5, 5.41) is 6.85. The molecule has 0 unspecified atom stereocenters. The molecular formula is C17H35N3O3. The quantitative estimate of drug-likeness (QED) is 0.325. The minimum Gasteiger partial charge on any atom is -0.385 e. The third-order valence-electron chi connectivity index (χ3n) is 4.54. The number of rotatable bonds is 12. The second kappa shape index (κ2) is 12.6. The molecule has 0 amide bonds. The average Bonchev–Trinajstić information content (AvgIpc) is 3.04. The van der Waals surface area contributed by atoms with Crippen LogP contribution in [0, 0.1) is 5.41 Å². The van der Waals surface area contributed by atoms with Crippen molar-refractivity contribution < 1.29 is 14.2 Å². The standard InChI is InChI=1S/C17H35N3O3/c1-18-16(19-10-6-11-23-14-13-22-3)20-15-17(9-12-21-2)7-4-5-8-17/h4-15H2,1-3H3,(H2,18,19,20). The third kappa shape index (κ3) is 8.53. The van der Waals surface area contributed by atoms with Crippen LogP contribution in [0.1, 0.15) is 38.5 Å². The first kappa shape index (κ1) is 20.2. The van der Waals surface area contributed by atoms with Crippen molar-refractivity contribution in [3.8, 4) is 0 Å². The van der Waals surface area contributed by atoms with Crippen LogP contribution < -0.4 is 10.6 Å². The zero-order valence-electron chi connectivity index (χ0n) is 15.2. The third-order valence-corrected chi connectivity index (χ3v) is 4.54. The topological polar surface area (TPSA) is 64.1 Å². The highest BCUT2D eigenvalue weighted by Crippen LogP contribution is 2.40. The van der Waals surface area contributed by atoms with Gasteiger partial charge in [-0.1, -0.05) is 12.8 Å². The van der Waals surface area contributed by atoms with Crippen LogP contribution in [-0.4, -0.2) is 66.7 Å². The van der Waals surface area contributed by atoms with Gasteiger partial charge in [-0.2, -0.15) is 0 Å². The number of methoxy groups -OCH3 is 2. The molecule has 2 N–H and O–H groups in total. The molecule has 0 heterocycles. The maximum absolute atomic E-state index is 5.45. The smallest absolute Gasteiger partial charge is 0.190 e. The molecule has 1 fully saturated rings. The van der Waals surface area contributed by atoms with E-state index < -0.39 is 0 Å². The Bertz CT molecular complexity index is 318. The van der Waals surface area contributed by atoms with E-state index in [4.69, 9.17) is 14.2 Å². The summed E-state index contributed by atoms with van der Waals surface area (Å²) in [5.74, 6) is 0.880. The van der Waals surface area contributed by atoms with Gasteiger partial charge in [0.05, 0.1) is 13.2 Å². The second-order valence-electron chi connectivity index (χ2n) is 6.26. The number of hydrogen-bond donors (Lipinski definition) is 2. The molecule has 0 bridgehead atoms. The number of guanidine groups is 1. The fourth-order valence-corrected chi connectivity index (χ4v) is 3.08. The van der Waals surface area contributed by atoms with Gasteiger partial charge in [-0.3, -0.25) is 4.99 Å². The lowest BCUT2D eigenvalue weighted by Crippen LogP contribution is -2.43. The molecule has 0 aromatic heterocycles. The van der Waals surface area contributed by atoms with Gasteiger partial charge in [0, 0.05) is 47.6 Å². The summed E-state index contributed by atoms with van der Waals surface area (Å²) in [7, 11) is 5.29. The van der Waals surface area contributed by atoms with Gasteiger partial charge < -0.3 is 24.8 Å². The molecule has 0 radical (unpaired) electrons. The van der Waals surface area contributed by atoms with E-state index in [1.807, 2.05) is 7.05 Å². The van der Waals surface area contributed by atoms with E-state index in [-0.39, 0.29) is 0 Å². The van der Waals surface area contributed by atoms with Crippen molar-refractivity contribution in [3.63, 3.8) is 0 Å². The second-order valence-corrected chi connectivity index (χ2v) is 6.26. The minimum atomic E-state index is 0.372. The molecule has 1 aliphatic carbocycles. The highest BCUT2D eigenvalue weighted by atomic mass is 16.5. The van der Waals surface area contributed by atoms with Crippen LogP contribution in [-0.2, 0) is 14.2 Å². The summed E-state index contributed by atoms with van der Waals surface area (Å²) in [6.45, 7) is 4.72. The molecule has 0 spiro atoms. The number of ether oxygens (including phenoxy) is 3. The summed E-state index contributed by atoms with van der Waals surface area (Å²) < 4.78 is 15.7. The van der Waals surface area contributed by atoms with Gasteiger partial charge in [-0.15, -0.1) is 0 Å². The molecule has 6 nitrogen and oxygen atoms in total. The molecule has 1 rings (SSSR count). The Hall–Kier alpha value is -0.850. The van der Waals surface area contributed by atoms with Gasteiger partial charge in [-0.05, 0) is 31.1 Å². The molecule has 0 atom stereocenters. The van der Waals surface area contributed by atoms with Gasteiger partial charge in [0.1, 0.15) is 0 Å². The zero-order valence-corrected chi connectivity index (χ0v) is 15.2. The molecule has 1 saturated carbocycles. The van der Waals surface area contributed by atoms with Crippen LogP contribution in [0.5, 0.6) is 0 Å². The van der Waals surface area contributed by atoms with E-state index in [1.165, 1.54) is 25.7 Å². The fraction of sp³-hybridized carbons (Fsp3) is 0.941. The van der Waals surface area contributed by atoms with Crippen LogP contribution in [0.25, 0.3) is 0 Å². The van der Waals surface area contributed by atoms with E-state index in [1.54, 1.807) is 14.2 Å². The van der Waals surface area contributed by atoms with Gasteiger partial charge in [0.15, 0.2) is 5.96 Å². The van der Waals surface area contributed by atoms with E-state index >= 15 is 0 Å². The number of aliphatic imine (C=N–C) groups is 1. The monoisotopic (exact) mass is 329 g/mol. The largest absolute Gasteiger partial charge is 0.385 e. The van der Waals surface area contributed by atoms with Crippen molar-refractivity contribution >= 4 is 5.96 Å². The predicted octanol–water partition coefficient (Wildman–Crippen LogP) is 1.80. The van der Waals surface area contributed by atoms with Crippen LogP contribution in [0.15, 0.2) is 4.99 Å². The summed E-state index contributed by atoms with van der Waals surface area (Å²) in [6.07, 6.45) is 7.31. The maximum Gasteiger partial charge on any atom is 0.190 e. The fourth-order valence-electron chi connectivity index (χ4n) is 3.08. The molecule has 0 aromatic rings. The summed E-state index contributed by atoms with van der Waals surface area (Å²) in [6, 6.07) is 0. The molecule has 23 heavy (non-hydrogen) atoms. The van der Waals surface area contributed by atoms with Crippen LogP contribution in [0.4, 0.5) is 0 Å². The molecule has 0 aliphatic heterocycles. The lowest BCUT2D eigenvalue weighted by atomic mass is 9.83. The Kier molecular flexibility index (Phi) is 11.0. The first-order chi connectivity index (χ1) is 11.3. The molecule has 6 heteroatoms. The Labute approximate surface area is 141 Å². The van der Waals surface area contributed by atoms with Crippen molar-refractivity contribution in [2.24, 2.45) is 10.4 Å². The summed E-state index contributed by atoms with van der Waals surface area (Å²) in [5.41, 5.74) is 0.372. The zero-order chi connectivity index (χ0) is 16.8. The van der Waals surface area contributed by atoms with E-state index in [9.17, 15) is 0 Å². The number of nitrogens with zero attached hydrogens (tertiary/aromatic N) is 1. The van der Waals surface area contributed by atoms with Crippen LogP contribution >= 0.6 is 0 Å². The Morgan fingerprint density at radius 1 is 1.00 bits per heavy atom. The minimum absolute atomic E-state index is 0.372. The van der Waals surface area contributed by atoms with E-state index in [0.29, 0.717) is 18.6 Å². The molecular weight excluding hydrogens is 294 g/mol. The summed E-state index contributed by atoms with van der Waals surface area (Å²) >= 11 is 0. The van der Waals surface area contributed by atoms with Gasteiger partial charge >= 0.3 is 0 Å². The van der Waals surface area contributed by atoms with Crippen molar-refractivity contribution in [1.29, 1.82) is 0 Å². The highest BCUT2D eigenvalue weighted by molar-refractivity contribution is 5.79. The van der Waals surface area contributed by atoms with Gasteiger partial charge in [0.25, 0.3) is 0 Å². The van der Waals surface area contributed by atoms with Crippen molar-refractivity contribution in [2.75, 3.05) is 60.8 Å².